The highest BCUT2D eigenvalue weighted by Crippen LogP contribution is 2.67. The smallest absolute Gasteiger partial charge is 0.410 e. The number of carbonyl (C=O) groups excluding carboxylic acids is 3. The van der Waals surface area contributed by atoms with Crippen LogP contribution in [-0.2, 0) is 14.3 Å². The van der Waals surface area contributed by atoms with Crippen molar-refractivity contribution in [3.63, 3.8) is 0 Å². The first-order chi connectivity index (χ1) is 16.4. The summed E-state index contributed by atoms with van der Waals surface area (Å²) < 4.78 is 6.53. The van der Waals surface area contributed by atoms with E-state index in [9.17, 15) is 14.4 Å². The van der Waals surface area contributed by atoms with Crippen LogP contribution in [0, 0.1) is 46.3 Å². The van der Waals surface area contributed by atoms with Crippen molar-refractivity contribution in [2.24, 2.45) is 46.3 Å². The van der Waals surface area contributed by atoms with Gasteiger partial charge in [0.2, 0.25) is 0 Å². The minimum atomic E-state index is -0.225. The Morgan fingerprint density at radius 3 is 2.31 bits per heavy atom. The molecule has 4 aliphatic carbocycles. The molecule has 0 aromatic carbocycles. The van der Waals surface area contributed by atoms with E-state index in [2.05, 4.69) is 41.5 Å². The molecule has 1 unspecified atom stereocenters. The number of fused-ring (bicyclic) bond motifs is 5. The van der Waals surface area contributed by atoms with Crippen LogP contribution in [0.25, 0.3) is 0 Å². The largest absolute Gasteiger partial charge is 0.446 e. The van der Waals surface area contributed by atoms with Gasteiger partial charge in [-0.2, -0.15) is 0 Å². The minimum Gasteiger partial charge on any atom is -0.446 e. The molecule has 4 rings (SSSR count). The quantitative estimate of drug-likeness (QED) is 0.433. The molecule has 3 saturated carbocycles. The fraction of sp³-hybridized carbons (Fsp3) is 0.833. The summed E-state index contributed by atoms with van der Waals surface area (Å²) in [6, 6.07) is 0. The Kier molecular flexibility index (Phi) is 7.30. The zero-order valence-corrected chi connectivity index (χ0v) is 23.1. The lowest BCUT2D eigenvalue weighted by Crippen LogP contribution is -2.58. The Morgan fingerprint density at radius 1 is 1.06 bits per heavy atom. The fourth-order valence-corrected chi connectivity index (χ4v) is 8.74. The molecule has 0 radical (unpaired) electrons. The number of ether oxygens (including phenoxy) is 1. The monoisotopic (exact) mass is 485 g/mol. The van der Waals surface area contributed by atoms with Crippen LogP contribution in [0.4, 0.5) is 4.79 Å². The molecule has 0 spiro atoms. The number of hydrogen-bond acceptors (Lipinski definition) is 4. The second kappa shape index (κ2) is 9.67. The third-order valence-electron chi connectivity index (χ3n) is 10.0. The highest BCUT2D eigenvalue weighted by Gasteiger charge is 2.63. The molecule has 35 heavy (non-hydrogen) atoms. The third-order valence-corrected chi connectivity index (χ3v) is 10.0. The van der Waals surface area contributed by atoms with Gasteiger partial charge in [0, 0.05) is 31.3 Å². The number of amides is 1. The van der Waals surface area contributed by atoms with Gasteiger partial charge in [0.05, 0.1) is 0 Å². The minimum absolute atomic E-state index is 0.0507. The van der Waals surface area contributed by atoms with Crippen molar-refractivity contribution in [1.29, 1.82) is 0 Å². The van der Waals surface area contributed by atoms with Crippen molar-refractivity contribution < 1.29 is 19.1 Å². The van der Waals surface area contributed by atoms with Crippen LogP contribution in [0.2, 0.25) is 0 Å². The molecule has 0 aromatic rings. The van der Waals surface area contributed by atoms with Gasteiger partial charge in [0.1, 0.15) is 11.9 Å². The third kappa shape index (κ3) is 4.73. The number of rotatable bonds is 6. The molecular formula is C30H47NO4. The van der Waals surface area contributed by atoms with Crippen LogP contribution in [-0.4, -0.2) is 41.8 Å². The predicted molar refractivity (Wildman–Crippen MR) is 138 cm³/mol. The lowest BCUT2D eigenvalue weighted by atomic mass is 9.46. The standard InChI is InChI=1S/C30H47NO4/c1-18(2)16-31(17-19(3)4)28(34)35-26-15-30(7)24(20(5)32)10-11-25(30)23-9-8-21-14-22(33)12-13-29(21,6)27(23)26/h14,18-19,23-27H,8-13,15-17H2,1-7H3/t23-,24+,25-,26?,27+,29-,30+/m0/s1. The summed E-state index contributed by atoms with van der Waals surface area (Å²) in [5, 5.41) is 0. The Morgan fingerprint density at radius 2 is 1.71 bits per heavy atom. The molecule has 0 aliphatic heterocycles. The molecular weight excluding hydrogens is 438 g/mol. The van der Waals surface area contributed by atoms with Crippen molar-refractivity contribution in [3.8, 4) is 0 Å². The highest BCUT2D eigenvalue weighted by atomic mass is 16.6. The zero-order valence-electron chi connectivity index (χ0n) is 23.1. The highest BCUT2D eigenvalue weighted by molar-refractivity contribution is 5.91. The Balaban J connectivity index is 1.71. The van der Waals surface area contributed by atoms with E-state index in [1.165, 1.54) is 5.57 Å². The van der Waals surface area contributed by atoms with Crippen LogP contribution in [0.15, 0.2) is 11.6 Å². The summed E-state index contributed by atoms with van der Waals surface area (Å²) in [6.45, 7) is 16.3. The van der Waals surface area contributed by atoms with Crippen molar-refractivity contribution in [2.45, 2.75) is 99.5 Å². The van der Waals surface area contributed by atoms with E-state index in [0.29, 0.717) is 43.2 Å². The maximum Gasteiger partial charge on any atom is 0.410 e. The lowest BCUT2D eigenvalue weighted by Gasteiger charge is -2.60. The molecule has 5 nitrogen and oxygen atoms in total. The molecule has 0 heterocycles. The summed E-state index contributed by atoms with van der Waals surface area (Å²) in [7, 11) is 0. The van der Waals surface area contributed by atoms with Gasteiger partial charge in [-0.1, -0.05) is 47.1 Å². The second-order valence-corrected chi connectivity index (χ2v) is 13.5. The first-order valence-corrected chi connectivity index (χ1v) is 14.1. The number of allylic oxidation sites excluding steroid dienone is 1. The van der Waals surface area contributed by atoms with Crippen LogP contribution in [0.5, 0.6) is 0 Å². The number of hydrogen-bond donors (Lipinski definition) is 0. The second-order valence-electron chi connectivity index (χ2n) is 13.5. The topological polar surface area (TPSA) is 63.7 Å². The van der Waals surface area contributed by atoms with E-state index < -0.39 is 0 Å². The van der Waals surface area contributed by atoms with E-state index in [1.807, 2.05) is 11.0 Å². The molecule has 196 valence electrons. The maximum atomic E-state index is 13.7. The van der Waals surface area contributed by atoms with Gasteiger partial charge in [-0.05, 0) is 86.0 Å². The lowest BCUT2D eigenvalue weighted by molar-refractivity contribution is -0.146. The summed E-state index contributed by atoms with van der Waals surface area (Å²) in [5.41, 5.74) is 1.03. The van der Waals surface area contributed by atoms with Crippen molar-refractivity contribution in [1.82, 2.24) is 4.90 Å². The van der Waals surface area contributed by atoms with Crippen molar-refractivity contribution in [2.75, 3.05) is 13.1 Å². The molecule has 5 heteroatoms. The SMILES string of the molecule is CC(=O)[C@H]1CC[C@H]2[C@@H]3CCC4=CC(=O)CC[C@]4(C)[C@H]3C(OC(=O)N(CC(C)C)CC(C)C)C[C@]12C. The maximum absolute atomic E-state index is 13.7. The summed E-state index contributed by atoms with van der Waals surface area (Å²) in [5.74, 6) is 2.42. The molecule has 0 saturated heterocycles. The Hall–Kier alpha value is -1.65. The number of carbonyl (C=O) groups is 3. The van der Waals surface area contributed by atoms with Gasteiger partial charge in [0.15, 0.2) is 5.78 Å². The summed E-state index contributed by atoms with van der Waals surface area (Å²) in [4.78, 5) is 40.6. The molecule has 0 N–H and O–H groups in total. The average Bonchev–Trinajstić information content (AvgIpc) is 3.09. The number of ketones is 2. The van der Waals surface area contributed by atoms with Crippen LogP contribution < -0.4 is 0 Å². The molecule has 3 fully saturated rings. The normalized spacial score (nSPS) is 38.5. The molecule has 7 atom stereocenters. The van der Waals surface area contributed by atoms with Gasteiger partial charge < -0.3 is 9.64 Å². The Bertz CT molecular complexity index is 881. The molecule has 1 amide bonds. The van der Waals surface area contributed by atoms with Crippen molar-refractivity contribution in [3.05, 3.63) is 11.6 Å². The van der Waals surface area contributed by atoms with Crippen LogP contribution in [0.1, 0.15) is 93.4 Å². The van der Waals surface area contributed by atoms with E-state index in [1.54, 1.807) is 6.92 Å². The first-order valence-electron chi connectivity index (χ1n) is 14.1. The van der Waals surface area contributed by atoms with Gasteiger partial charge >= 0.3 is 6.09 Å². The number of nitrogens with zero attached hydrogens (tertiary/aromatic N) is 1. The average molecular weight is 486 g/mol. The molecule has 0 bridgehead atoms. The Labute approximate surface area is 212 Å². The van der Waals surface area contributed by atoms with Crippen LogP contribution >= 0.6 is 0 Å². The predicted octanol–water partition coefficient (Wildman–Crippen LogP) is 6.45. The van der Waals surface area contributed by atoms with E-state index in [0.717, 1.165) is 38.5 Å². The fourth-order valence-electron chi connectivity index (χ4n) is 8.74. The molecule has 0 aromatic heterocycles. The van der Waals surface area contributed by atoms with Crippen LogP contribution in [0.3, 0.4) is 0 Å². The van der Waals surface area contributed by atoms with Gasteiger partial charge in [-0.15, -0.1) is 0 Å². The zero-order chi connectivity index (χ0) is 25.7. The first kappa shape index (κ1) is 26.4. The molecule has 4 aliphatic rings. The van der Waals surface area contributed by atoms with E-state index >= 15 is 0 Å². The summed E-state index contributed by atoms with van der Waals surface area (Å²) >= 11 is 0. The van der Waals surface area contributed by atoms with Gasteiger partial charge in [0.25, 0.3) is 0 Å². The number of Topliss-reactive ketones (excluding diaryl/α,β-unsaturated/α-hetero) is 1. The van der Waals surface area contributed by atoms with Gasteiger partial charge in [-0.3, -0.25) is 9.59 Å². The van der Waals surface area contributed by atoms with Crippen molar-refractivity contribution >= 4 is 17.7 Å². The summed E-state index contributed by atoms with van der Waals surface area (Å²) in [6.07, 6.45) is 7.66. The van der Waals surface area contributed by atoms with E-state index in [-0.39, 0.29) is 46.4 Å². The van der Waals surface area contributed by atoms with E-state index in [4.69, 9.17) is 4.74 Å². The van der Waals surface area contributed by atoms with Gasteiger partial charge in [-0.25, -0.2) is 4.79 Å².